The molecule has 0 unspecified atom stereocenters. The third-order valence-electron chi connectivity index (χ3n) is 1.18. The third kappa shape index (κ3) is 1.09. The first-order valence-electron chi connectivity index (χ1n) is 2.64. The number of aromatic nitrogens is 2. The van der Waals surface area contributed by atoms with Gasteiger partial charge in [0.25, 0.3) is 0 Å². The van der Waals surface area contributed by atoms with E-state index < -0.39 is 6.55 Å². The summed E-state index contributed by atoms with van der Waals surface area (Å²) in [7, 11) is 1.63. The Morgan fingerprint density at radius 3 is 2.30 bits per heavy atom. The van der Waals surface area contributed by atoms with Crippen molar-refractivity contribution in [3.63, 3.8) is 0 Å². The Balaban J connectivity index is 3.18. The van der Waals surface area contributed by atoms with Crippen molar-refractivity contribution < 1.29 is 8.78 Å². The van der Waals surface area contributed by atoms with Gasteiger partial charge in [-0.05, 0) is 12.2 Å². The number of halogens is 2. The van der Waals surface area contributed by atoms with Gasteiger partial charge in [0.15, 0.2) is 4.77 Å². The summed E-state index contributed by atoms with van der Waals surface area (Å²) in [5, 5.41) is 0. The second kappa shape index (κ2) is 2.49. The summed E-state index contributed by atoms with van der Waals surface area (Å²) in [4.78, 5) is 0. The molecule has 2 nitrogen and oxygen atoms in total. The van der Waals surface area contributed by atoms with E-state index in [1.807, 2.05) is 0 Å². The van der Waals surface area contributed by atoms with Crippen LogP contribution in [0.3, 0.4) is 0 Å². The van der Waals surface area contributed by atoms with E-state index in [1.54, 1.807) is 7.05 Å². The van der Waals surface area contributed by atoms with Crippen molar-refractivity contribution in [3.05, 3.63) is 17.2 Å². The van der Waals surface area contributed by atoms with Crippen molar-refractivity contribution in [2.24, 2.45) is 7.05 Å². The third-order valence-corrected chi connectivity index (χ3v) is 1.68. The molecule has 0 saturated carbocycles. The highest BCUT2D eigenvalue weighted by atomic mass is 32.1. The van der Waals surface area contributed by atoms with E-state index in [-0.39, 0.29) is 4.77 Å². The Morgan fingerprint density at radius 2 is 2.10 bits per heavy atom. The normalized spacial score (nSPS) is 10.8. The molecule has 1 heterocycles. The number of hydrogen-bond acceptors (Lipinski definition) is 1. The van der Waals surface area contributed by atoms with Crippen LogP contribution in [0.1, 0.15) is 6.55 Å². The molecule has 0 aliphatic carbocycles. The van der Waals surface area contributed by atoms with Gasteiger partial charge in [-0.2, -0.15) is 8.78 Å². The van der Waals surface area contributed by atoms with Crippen LogP contribution in [-0.4, -0.2) is 9.13 Å². The van der Waals surface area contributed by atoms with Crippen LogP contribution in [0.5, 0.6) is 0 Å². The van der Waals surface area contributed by atoms with Crippen molar-refractivity contribution in [2.45, 2.75) is 6.55 Å². The smallest absolute Gasteiger partial charge is 0.320 e. The molecule has 0 saturated heterocycles. The highest BCUT2D eigenvalue weighted by molar-refractivity contribution is 7.71. The monoisotopic (exact) mass is 164 g/mol. The lowest BCUT2D eigenvalue weighted by molar-refractivity contribution is 0.0681. The summed E-state index contributed by atoms with van der Waals surface area (Å²) in [6, 6.07) is 0. The SMILES string of the molecule is Cn1ccn(C(F)F)c1=S. The molecule has 0 bridgehead atoms. The van der Waals surface area contributed by atoms with Crippen molar-refractivity contribution >= 4 is 12.2 Å². The first-order chi connectivity index (χ1) is 4.63. The largest absolute Gasteiger partial charge is 0.327 e. The molecule has 0 amide bonds. The highest BCUT2D eigenvalue weighted by Gasteiger charge is 2.05. The van der Waals surface area contributed by atoms with E-state index in [0.717, 1.165) is 4.57 Å². The van der Waals surface area contributed by atoms with Gasteiger partial charge >= 0.3 is 6.55 Å². The van der Waals surface area contributed by atoms with Crippen LogP contribution >= 0.6 is 12.2 Å². The minimum Gasteiger partial charge on any atom is -0.327 e. The molecule has 0 spiro atoms. The molecule has 10 heavy (non-hydrogen) atoms. The maximum absolute atomic E-state index is 11.9. The number of nitrogens with zero attached hydrogens (tertiary/aromatic N) is 2. The molecule has 5 heteroatoms. The van der Waals surface area contributed by atoms with Gasteiger partial charge in [-0.1, -0.05) is 0 Å². The minimum atomic E-state index is -2.53. The van der Waals surface area contributed by atoms with E-state index in [0.29, 0.717) is 0 Å². The van der Waals surface area contributed by atoms with Gasteiger partial charge in [-0.3, -0.25) is 4.57 Å². The minimum absolute atomic E-state index is 0.134. The fourth-order valence-electron chi connectivity index (χ4n) is 0.630. The molecular formula is C5H6F2N2S. The summed E-state index contributed by atoms with van der Waals surface area (Å²) >= 11 is 4.65. The van der Waals surface area contributed by atoms with Gasteiger partial charge < -0.3 is 4.57 Å². The lowest BCUT2D eigenvalue weighted by Gasteiger charge is -1.97. The van der Waals surface area contributed by atoms with Crippen LogP contribution in [-0.2, 0) is 7.05 Å². The van der Waals surface area contributed by atoms with E-state index in [1.165, 1.54) is 17.0 Å². The van der Waals surface area contributed by atoms with Crippen LogP contribution in [0.2, 0.25) is 0 Å². The molecule has 1 aromatic rings. The van der Waals surface area contributed by atoms with Gasteiger partial charge in [-0.25, -0.2) is 0 Å². The molecule has 0 atom stereocenters. The predicted octanol–water partition coefficient (Wildman–Crippen LogP) is 1.95. The van der Waals surface area contributed by atoms with Crippen LogP contribution in [0.15, 0.2) is 12.4 Å². The predicted molar refractivity (Wildman–Crippen MR) is 35.5 cm³/mol. The Morgan fingerprint density at radius 1 is 1.50 bits per heavy atom. The van der Waals surface area contributed by atoms with Gasteiger partial charge in [0.2, 0.25) is 0 Å². The molecule has 0 aliphatic heterocycles. The Hall–Kier alpha value is -0.710. The molecule has 0 aromatic carbocycles. The number of imidazole rings is 1. The fraction of sp³-hybridized carbons (Fsp3) is 0.400. The summed E-state index contributed by atoms with van der Waals surface area (Å²) in [5.41, 5.74) is 0. The van der Waals surface area contributed by atoms with Crippen LogP contribution in [0, 0.1) is 4.77 Å². The summed E-state index contributed by atoms with van der Waals surface area (Å²) in [5.74, 6) is 0. The molecular weight excluding hydrogens is 158 g/mol. The quantitative estimate of drug-likeness (QED) is 0.577. The average molecular weight is 164 g/mol. The first kappa shape index (κ1) is 7.40. The standard InChI is InChI=1S/C5H6F2N2S/c1-8-2-3-9(4(6)7)5(8)10/h2-4H,1H3. The molecule has 1 aromatic heterocycles. The van der Waals surface area contributed by atoms with Gasteiger partial charge in [0.1, 0.15) is 0 Å². The van der Waals surface area contributed by atoms with Gasteiger partial charge in [0, 0.05) is 19.4 Å². The molecule has 0 aliphatic rings. The van der Waals surface area contributed by atoms with Crippen molar-refractivity contribution in [2.75, 3.05) is 0 Å². The van der Waals surface area contributed by atoms with E-state index in [2.05, 4.69) is 12.2 Å². The summed E-state index contributed by atoms with van der Waals surface area (Å²) < 4.78 is 26.2. The zero-order chi connectivity index (χ0) is 7.72. The summed E-state index contributed by atoms with van der Waals surface area (Å²) in [6.45, 7) is -2.53. The molecule has 56 valence electrons. The molecule has 0 N–H and O–H groups in total. The lowest BCUT2D eigenvalue weighted by atomic mass is 10.9. The zero-order valence-electron chi connectivity index (χ0n) is 5.29. The number of alkyl halides is 2. The van der Waals surface area contributed by atoms with E-state index in [4.69, 9.17) is 0 Å². The maximum Gasteiger partial charge on any atom is 0.320 e. The van der Waals surface area contributed by atoms with Crippen LogP contribution in [0.4, 0.5) is 8.78 Å². The van der Waals surface area contributed by atoms with Gasteiger partial charge in [0.05, 0.1) is 0 Å². The first-order valence-corrected chi connectivity index (χ1v) is 3.05. The Kier molecular flexibility index (Phi) is 1.85. The maximum atomic E-state index is 11.9. The second-order valence-corrected chi connectivity index (χ2v) is 2.24. The molecule has 1 rings (SSSR count). The van der Waals surface area contributed by atoms with Crippen molar-refractivity contribution in [1.82, 2.24) is 9.13 Å². The number of hydrogen-bond donors (Lipinski definition) is 0. The topological polar surface area (TPSA) is 9.86 Å². The Bertz CT molecular complexity index is 275. The van der Waals surface area contributed by atoms with Crippen molar-refractivity contribution in [1.29, 1.82) is 0 Å². The second-order valence-electron chi connectivity index (χ2n) is 1.88. The molecule has 0 radical (unpaired) electrons. The van der Waals surface area contributed by atoms with Crippen LogP contribution in [0.25, 0.3) is 0 Å². The average Bonchev–Trinajstić information content (AvgIpc) is 2.14. The summed E-state index contributed by atoms with van der Waals surface area (Å²) in [6.07, 6.45) is 2.75. The number of rotatable bonds is 1. The lowest BCUT2D eigenvalue weighted by Crippen LogP contribution is -1.97. The van der Waals surface area contributed by atoms with E-state index in [9.17, 15) is 8.78 Å². The van der Waals surface area contributed by atoms with E-state index >= 15 is 0 Å². The highest BCUT2D eigenvalue weighted by Crippen LogP contribution is 2.09. The van der Waals surface area contributed by atoms with Crippen molar-refractivity contribution in [3.8, 4) is 0 Å². The fourth-order valence-corrected chi connectivity index (χ4v) is 0.831. The number of aryl methyl sites for hydroxylation is 1. The van der Waals surface area contributed by atoms with Crippen LogP contribution < -0.4 is 0 Å². The van der Waals surface area contributed by atoms with Gasteiger partial charge in [-0.15, -0.1) is 0 Å². The Labute approximate surface area is 61.7 Å². The zero-order valence-corrected chi connectivity index (χ0v) is 6.11. The molecule has 0 fully saturated rings.